The fourth-order valence-electron chi connectivity index (χ4n) is 3.21. The Labute approximate surface area is 165 Å². The van der Waals surface area contributed by atoms with E-state index in [0.717, 1.165) is 24.1 Å². The monoisotopic (exact) mass is 427 g/mol. The Bertz CT molecular complexity index is 929. The van der Waals surface area contributed by atoms with Gasteiger partial charge in [0.1, 0.15) is 11.6 Å². The van der Waals surface area contributed by atoms with Crippen LogP contribution in [0.2, 0.25) is 0 Å². The van der Waals surface area contributed by atoms with Gasteiger partial charge in [-0.15, -0.1) is 0 Å². The summed E-state index contributed by atoms with van der Waals surface area (Å²) >= 11 is 3.17. The van der Waals surface area contributed by atoms with E-state index in [1.54, 1.807) is 24.5 Å². The Morgan fingerprint density at radius 2 is 1.93 bits per heavy atom. The lowest BCUT2D eigenvalue weighted by molar-refractivity contribution is 0.622. The molecular formula is C20H19BrFN5. The Balaban J connectivity index is 1.67. The smallest absolute Gasteiger partial charge is 0.225 e. The van der Waals surface area contributed by atoms with Crippen molar-refractivity contribution >= 4 is 33.4 Å². The summed E-state index contributed by atoms with van der Waals surface area (Å²) in [5, 5.41) is 6.61. The lowest BCUT2D eigenvalue weighted by atomic mass is 10.2. The summed E-state index contributed by atoms with van der Waals surface area (Å²) in [6.07, 6.45) is 8.20. The van der Waals surface area contributed by atoms with Crippen LogP contribution in [0.15, 0.2) is 53.3 Å². The molecule has 1 fully saturated rings. The van der Waals surface area contributed by atoms with Crippen LogP contribution in [0.4, 0.5) is 21.8 Å². The molecule has 0 radical (unpaired) electrons. The molecule has 2 aromatic heterocycles. The van der Waals surface area contributed by atoms with Gasteiger partial charge in [-0.2, -0.15) is 4.98 Å². The quantitative estimate of drug-likeness (QED) is 0.559. The highest BCUT2D eigenvalue weighted by molar-refractivity contribution is 9.10. The van der Waals surface area contributed by atoms with E-state index in [-0.39, 0.29) is 5.82 Å². The zero-order chi connectivity index (χ0) is 18.6. The second kappa shape index (κ2) is 8.00. The molecule has 1 aliphatic rings. The predicted octanol–water partition coefficient (Wildman–Crippen LogP) is 5.54. The highest BCUT2D eigenvalue weighted by Gasteiger charge is 2.17. The number of pyridine rings is 1. The molecule has 27 heavy (non-hydrogen) atoms. The Hall–Kier alpha value is -2.54. The maximum absolute atomic E-state index is 13.8. The van der Waals surface area contributed by atoms with Gasteiger partial charge < -0.3 is 10.6 Å². The van der Waals surface area contributed by atoms with Gasteiger partial charge in [-0.3, -0.25) is 4.98 Å². The van der Waals surface area contributed by atoms with Gasteiger partial charge in [-0.05, 0) is 59.1 Å². The summed E-state index contributed by atoms with van der Waals surface area (Å²) in [5.74, 6) is 0.847. The number of hydrogen-bond acceptors (Lipinski definition) is 5. The van der Waals surface area contributed by atoms with E-state index in [9.17, 15) is 4.39 Å². The van der Waals surface area contributed by atoms with Crippen LogP contribution < -0.4 is 10.6 Å². The molecule has 7 heteroatoms. The minimum absolute atomic E-state index is 0.328. The average Bonchev–Trinajstić information content (AvgIpc) is 3.18. The number of benzene rings is 1. The first-order valence-corrected chi connectivity index (χ1v) is 9.75. The fraction of sp³-hybridized carbons (Fsp3) is 0.250. The normalized spacial score (nSPS) is 14.3. The molecule has 4 rings (SSSR count). The zero-order valence-corrected chi connectivity index (χ0v) is 16.2. The molecule has 0 saturated heterocycles. The van der Waals surface area contributed by atoms with Gasteiger partial charge in [0.05, 0.1) is 10.2 Å². The van der Waals surface area contributed by atoms with E-state index in [1.165, 1.54) is 18.9 Å². The highest BCUT2D eigenvalue weighted by atomic mass is 79.9. The second-order valence-corrected chi connectivity index (χ2v) is 7.44. The van der Waals surface area contributed by atoms with Crippen LogP contribution >= 0.6 is 15.9 Å². The molecule has 1 aliphatic carbocycles. The number of halogens is 2. The SMILES string of the molecule is Fc1cc(Nc2cc(-c3cccnc3)nc(NC3CCCC3)n2)ccc1Br. The first kappa shape index (κ1) is 17.9. The average molecular weight is 428 g/mol. The molecule has 2 heterocycles. The molecule has 0 atom stereocenters. The molecule has 0 aliphatic heterocycles. The fourth-order valence-corrected chi connectivity index (χ4v) is 3.46. The van der Waals surface area contributed by atoms with Crippen molar-refractivity contribution < 1.29 is 4.39 Å². The van der Waals surface area contributed by atoms with E-state index in [4.69, 9.17) is 0 Å². The molecular weight excluding hydrogens is 409 g/mol. The molecule has 5 nitrogen and oxygen atoms in total. The number of nitrogens with one attached hydrogen (secondary N) is 2. The number of hydrogen-bond donors (Lipinski definition) is 2. The van der Waals surface area contributed by atoms with Crippen molar-refractivity contribution in [1.29, 1.82) is 0 Å². The molecule has 0 bridgehead atoms. The molecule has 0 spiro atoms. The maximum atomic E-state index is 13.8. The van der Waals surface area contributed by atoms with Gasteiger partial charge in [0.15, 0.2) is 0 Å². The zero-order valence-electron chi connectivity index (χ0n) is 14.6. The molecule has 0 unspecified atom stereocenters. The van der Waals surface area contributed by atoms with E-state index in [0.29, 0.717) is 28.0 Å². The number of rotatable bonds is 5. The van der Waals surface area contributed by atoms with Crippen LogP contribution in [0.3, 0.4) is 0 Å². The Kier molecular flexibility index (Phi) is 5.29. The van der Waals surface area contributed by atoms with Crippen molar-refractivity contribution in [3.8, 4) is 11.3 Å². The Morgan fingerprint density at radius 1 is 1.07 bits per heavy atom. The third-order valence-corrected chi connectivity index (χ3v) is 5.21. The van der Waals surface area contributed by atoms with Gasteiger partial charge in [-0.25, -0.2) is 9.37 Å². The van der Waals surface area contributed by atoms with E-state index >= 15 is 0 Å². The van der Waals surface area contributed by atoms with Crippen molar-refractivity contribution in [2.45, 2.75) is 31.7 Å². The third kappa shape index (κ3) is 4.42. The summed E-state index contributed by atoms with van der Waals surface area (Å²) in [5.41, 5.74) is 2.29. The van der Waals surface area contributed by atoms with Crippen molar-refractivity contribution in [2.75, 3.05) is 10.6 Å². The number of anilines is 3. The standard InChI is InChI=1S/C20H19BrFN5/c21-16-8-7-15(10-17(16)22)24-19-11-18(13-4-3-9-23-12-13)26-20(27-19)25-14-5-1-2-6-14/h3-4,7-12,14H,1-2,5-6H2,(H2,24,25,26,27). The van der Waals surface area contributed by atoms with Gasteiger partial charge >= 0.3 is 0 Å². The Morgan fingerprint density at radius 3 is 2.67 bits per heavy atom. The summed E-state index contributed by atoms with van der Waals surface area (Å²) in [7, 11) is 0. The summed E-state index contributed by atoms with van der Waals surface area (Å²) in [6.45, 7) is 0. The lowest BCUT2D eigenvalue weighted by Crippen LogP contribution is -2.17. The van der Waals surface area contributed by atoms with Gasteiger partial charge in [0.25, 0.3) is 0 Å². The summed E-state index contributed by atoms with van der Waals surface area (Å²) in [6, 6.07) is 11.0. The second-order valence-electron chi connectivity index (χ2n) is 6.58. The lowest BCUT2D eigenvalue weighted by Gasteiger charge is -2.15. The van der Waals surface area contributed by atoms with Crippen LogP contribution in [-0.4, -0.2) is 21.0 Å². The van der Waals surface area contributed by atoms with Crippen molar-refractivity contribution in [3.05, 3.63) is 59.1 Å². The van der Waals surface area contributed by atoms with Crippen molar-refractivity contribution in [2.24, 2.45) is 0 Å². The predicted molar refractivity (Wildman–Crippen MR) is 109 cm³/mol. The minimum Gasteiger partial charge on any atom is -0.351 e. The summed E-state index contributed by atoms with van der Waals surface area (Å²) < 4.78 is 14.3. The minimum atomic E-state index is -0.328. The van der Waals surface area contributed by atoms with Gasteiger partial charge in [0.2, 0.25) is 5.95 Å². The first-order valence-electron chi connectivity index (χ1n) is 8.95. The molecule has 1 aromatic carbocycles. The first-order chi connectivity index (χ1) is 13.2. The number of nitrogens with zero attached hydrogens (tertiary/aromatic N) is 3. The number of aromatic nitrogens is 3. The van der Waals surface area contributed by atoms with Crippen molar-refractivity contribution in [1.82, 2.24) is 15.0 Å². The van der Waals surface area contributed by atoms with Crippen LogP contribution in [-0.2, 0) is 0 Å². The topological polar surface area (TPSA) is 62.7 Å². The van der Waals surface area contributed by atoms with E-state index in [2.05, 4.69) is 41.5 Å². The van der Waals surface area contributed by atoms with E-state index in [1.807, 2.05) is 18.2 Å². The van der Waals surface area contributed by atoms with Gasteiger partial charge in [-0.1, -0.05) is 12.8 Å². The maximum Gasteiger partial charge on any atom is 0.225 e. The van der Waals surface area contributed by atoms with Crippen LogP contribution in [0.1, 0.15) is 25.7 Å². The highest BCUT2D eigenvalue weighted by Crippen LogP contribution is 2.27. The van der Waals surface area contributed by atoms with Crippen LogP contribution in [0.5, 0.6) is 0 Å². The van der Waals surface area contributed by atoms with Crippen LogP contribution in [0.25, 0.3) is 11.3 Å². The molecule has 1 saturated carbocycles. The molecule has 3 aromatic rings. The van der Waals surface area contributed by atoms with E-state index < -0.39 is 0 Å². The molecule has 0 amide bonds. The largest absolute Gasteiger partial charge is 0.351 e. The molecule has 138 valence electrons. The van der Waals surface area contributed by atoms with Crippen molar-refractivity contribution in [3.63, 3.8) is 0 Å². The third-order valence-electron chi connectivity index (χ3n) is 4.56. The summed E-state index contributed by atoms with van der Waals surface area (Å²) in [4.78, 5) is 13.4. The molecule has 2 N–H and O–H groups in total. The van der Waals surface area contributed by atoms with Gasteiger partial charge in [0, 0.05) is 35.8 Å². The van der Waals surface area contributed by atoms with Crippen LogP contribution in [0, 0.1) is 5.82 Å².